The van der Waals surface area contributed by atoms with Gasteiger partial charge in [-0.25, -0.2) is 0 Å². The summed E-state index contributed by atoms with van der Waals surface area (Å²) in [5.41, 5.74) is 2.84. The Bertz CT molecular complexity index is 954. The maximum Gasteiger partial charge on any atom is 0.255 e. The van der Waals surface area contributed by atoms with Crippen LogP contribution in [0.2, 0.25) is 0 Å². The molecule has 2 N–H and O–H groups in total. The predicted molar refractivity (Wildman–Crippen MR) is 115 cm³/mol. The number of nitrogens with one attached hydrogen (secondary N) is 2. The van der Waals surface area contributed by atoms with E-state index in [0.717, 1.165) is 11.1 Å². The van der Waals surface area contributed by atoms with E-state index in [1.54, 1.807) is 36.4 Å². The zero-order valence-corrected chi connectivity index (χ0v) is 17.0. The van der Waals surface area contributed by atoms with E-state index in [9.17, 15) is 9.59 Å². The number of carbonyl (C=O) groups excluding carboxylic acids is 2. The molecule has 0 aliphatic heterocycles. The highest BCUT2D eigenvalue weighted by Gasteiger charge is 2.12. The molecule has 0 heterocycles. The fraction of sp³-hybridized carbons (Fsp3) is 0.167. The molecule has 3 aromatic carbocycles. The molecular weight excluding hydrogens is 380 g/mol. The molecule has 0 atom stereocenters. The van der Waals surface area contributed by atoms with Crippen LogP contribution in [0.3, 0.4) is 0 Å². The highest BCUT2D eigenvalue weighted by molar-refractivity contribution is 5.97. The van der Waals surface area contributed by atoms with Gasteiger partial charge in [0.05, 0.1) is 25.3 Å². The van der Waals surface area contributed by atoms with E-state index in [0.29, 0.717) is 35.7 Å². The summed E-state index contributed by atoms with van der Waals surface area (Å²) in [5, 5.41) is 5.80. The third kappa shape index (κ3) is 5.17. The largest absolute Gasteiger partial charge is 0.496 e. The number of rotatable bonds is 8. The van der Waals surface area contributed by atoms with Crippen molar-refractivity contribution in [1.29, 1.82) is 0 Å². The second-order valence-corrected chi connectivity index (χ2v) is 6.59. The number of para-hydroxylation sites is 2. The van der Waals surface area contributed by atoms with Gasteiger partial charge in [-0.05, 0) is 35.4 Å². The molecule has 0 radical (unpaired) electrons. The normalized spacial score (nSPS) is 10.2. The molecule has 2 amide bonds. The molecule has 154 valence electrons. The van der Waals surface area contributed by atoms with E-state index in [2.05, 4.69) is 10.6 Å². The lowest BCUT2D eigenvalue weighted by atomic mass is 10.1. The minimum atomic E-state index is -0.206. The van der Waals surface area contributed by atoms with Crippen LogP contribution in [0, 0.1) is 0 Å². The summed E-state index contributed by atoms with van der Waals surface area (Å²) < 4.78 is 10.5. The molecule has 0 aromatic heterocycles. The molecule has 0 bridgehead atoms. The second-order valence-electron chi connectivity index (χ2n) is 6.59. The van der Waals surface area contributed by atoms with Crippen LogP contribution in [0.5, 0.6) is 11.5 Å². The van der Waals surface area contributed by atoms with Crippen molar-refractivity contribution >= 4 is 11.8 Å². The molecule has 0 saturated carbocycles. The average molecular weight is 404 g/mol. The summed E-state index contributed by atoms with van der Waals surface area (Å²) in [6, 6.07) is 21.9. The highest BCUT2D eigenvalue weighted by atomic mass is 16.5. The molecule has 6 heteroatoms. The van der Waals surface area contributed by atoms with Crippen molar-refractivity contribution in [3.05, 3.63) is 95.1 Å². The standard InChI is InChI=1S/C24H24N2O4/c1-29-21-12-5-3-10-19(21)23(27)25-15-17-8-7-9-18(14-17)16-26-24(28)20-11-4-6-13-22(20)30-2/h3-14H,15-16H2,1-2H3,(H,25,27)(H,26,28). The van der Waals surface area contributed by atoms with E-state index in [-0.39, 0.29) is 11.8 Å². The van der Waals surface area contributed by atoms with Crippen molar-refractivity contribution < 1.29 is 19.1 Å². The number of amides is 2. The van der Waals surface area contributed by atoms with Gasteiger partial charge in [-0.2, -0.15) is 0 Å². The van der Waals surface area contributed by atoms with Crippen LogP contribution >= 0.6 is 0 Å². The van der Waals surface area contributed by atoms with Crippen molar-refractivity contribution in [3.63, 3.8) is 0 Å². The lowest BCUT2D eigenvalue weighted by Crippen LogP contribution is -2.24. The summed E-state index contributed by atoms with van der Waals surface area (Å²) in [6.45, 7) is 0.732. The van der Waals surface area contributed by atoms with Crippen LogP contribution in [0.4, 0.5) is 0 Å². The molecule has 0 aliphatic rings. The summed E-state index contributed by atoms with van der Waals surface area (Å²) in [7, 11) is 3.07. The summed E-state index contributed by atoms with van der Waals surface area (Å²) in [6.07, 6.45) is 0. The van der Waals surface area contributed by atoms with Crippen LogP contribution in [-0.4, -0.2) is 26.0 Å². The monoisotopic (exact) mass is 404 g/mol. The Morgan fingerprint density at radius 3 is 1.53 bits per heavy atom. The van der Waals surface area contributed by atoms with Gasteiger partial charge in [0.25, 0.3) is 11.8 Å². The van der Waals surface area contributed by atoms with Crippen molar-refractivity contribution in [1.82, 2.24) is 10.6 Å². The molecule has 3 aromatic rings. The zero-order chi connectivity index (χ0) is 21.3. The quantitative estimate of drug-likeness (QED) is 0.602. The smallest absolute Gasteiger partial charge is 0.255 e. The zero-order valence-electron chi connectivity index (χ0n) is 17.0. The first-order valence-electron chi connectivity index (χ1n) is 9.52. The second kappa shape index (κ2) is 10.1. The topological polar surface area (TPSA) is 76.7 Å². The SMILES string of the molecule is COc1ccccc1C(=O)NCc1cccc(CNC(=O)c2ccccc2OC)c1. The average Bonchev–Trinajstić information content (AvgIpc) is 2.81. The predicted octanol–water partition coefficient (Wildman–Crippen LogP) is 3.56. The summed E-state index contributed by atoms with van der Waals surface area (Å²) in [4.78, 5) is 24.9. The van der Waals surface area contributed by atoms with Gasteiger partial charge >= 0.3 is 0 Å². The molecule has 0 unspecified atom stereocenters. The van der Waals surface area contributed by atoms with Gasteiger partial charge in [0.1, 0.15) is 11.5 Å². The van der Waals surface area contributed by atoms with Crippen molar-refractivity contribution in [3.8, 4) is 11.5 Å². The number of hydrogen-bond donors (Lipinski definition) is 2. The van der Waals surface area contributed by atoms with Crippen LogP contribution in [-0.2, 0) is 13.1 Å². The van der Waals surface area contributed by atoms with Crippen LogP contribution in [0.15, 0.2) is 72.8 Å². The Labute approximate surface area is 175 Å². The maximum absolute atomic E-state index is 12.5. The van der Waals surface area contributed by atoms with Crippen LogP contribution < -0.4 is 20.1 Å². The van der Waals surface area contributed by atoms with Crippen molar-refractivity contribution in [2.75, 3.05) is 14.2 Å². The van der Waals surface area contributed by atoms with E-state index in [1.165, 1.54) is 14.2 Å². The first kappa shape index (κ1) is 20.9. The molecule has 30 heavy (non-hydrogen) atoms. The minimum absolute atomic E-state index is 0.206. The van der Waals surface area contributed by atoms with Gasteiger partial charge in [-0.15, -0.1) is 0 Å². The Hall–Kier alpha value is -3.80. The van der Waals surface area contributed by atoms with Crippen LogP contribution in [0.25, 0.3) is 0 Å². The third-order valence-corrected chi connectivity index (χ3v) is 4.60. The fourth-order valence-electron chi connectivity index (χ4n) is 3.07. The Kier molecular flexibility index (Phi) is 7.05. The van der Waals surface area contributed by atoms with Gasteiger partial charge < -0.3 is 20.1 Å². The number of hydrogen-bond acceptors (Lipinski definition) is 4. The number of ether oxygens (including phenoxy) is 2. The fourth-order valence-corrected chi connectivity index (χ4v) is 3.07. The maximum atomic E-state index is 12.5. The number of methoxy groups -OCH3 is 2. The van der Waals surface area contributed by atoms with E-state index < -0.39 is 0 Å². The molecular formula is C24H24N2O4. The van der Waals surface area contributed by atoms with Gasteiger partial charge in [0.2, 0.25) is 0 Å². The number of benzene rings is 3. The van der Waals surface area contributed by atoms with E-state index in [4.69, 9.17) is 9.47 Å². The summed E-state index contributed by atoms with van der Waals surface area (Å²) >= 11 is 0. The Morgan fingerprint density at radius 1 is 0.667 bits per heavy atom. The third-order valence-electron chi connectivity index (χ3n) is 4.60. The first-order chi connectivity index (χ1) is 14.6. The van der Waals surface area contributed by atoms with E-state index in [1.807, 2.05) is 36.4 Å². The van der Waals surface area contributed by atoms with E-state index >= 15 is 0 Å². The summed E-state index contributed by atoms with van der Waals surface area (Å²) in [5.74, 6) is 0.648. The van der Waals surface area contributed by atoms with Gasteiger partial charge in [-0.1, -0.05) is 48.5 Å². The highest BCUT2D eigenvalue weighted by Crippen LogP contribution is 2.18. The Balaban J connectivity index is 1.59. The molecule has 6 nitrogen and oxygen atoms in total. The lowest BCUT2D eigenvalue weighted by molar-refractivity contribution is 0.0940. The Morgan fingerprint density at radius 2 is 1.10 bits per heavy atom. The first-order valence-corrected chi connectivity index (χ1v) is 9.52. The molecule has 3 rings (SSSR count). The van der Waals surface area contributed by atoms with Crippen molar-refractivity contribution in [2.45, 2.75) is 13.1 Å². The van der Waals surface area contributed by atoms with Crippen molar-refractivity contribution in [2.24, 2.45) is 0 Å². The number of carbonyl (C=O) groups is 2. The molecule has 0 spiro atoms. The lowest BCUT2D eigenvalue weighted by Gasteiger charge is -2.11. The molecule has 0 fully saturated rings. The van der Waals surface area contributed by atoms with Gasteiger partial charge in [-0.3, -0.25) is 9.59 Å². The minimum Gasteiger partial charge on any atom is -0.496 e. The van der Waals surface area contributed by atoms with Crippen LogP contribution in [0.1, 0.15) is 31.8 Å². The molecule has 0 saturated heterocycles. The van der Waals surface area contributed by atoms with Gasteiger partial charge in [0.15, 0.2) is 0 Å². The van der Waals surface area contributed by atoms with Gasteiger partial charge in [0, 0.05) is 13.1 Å². The molecule has 0 aliphatic carbocycles.